The van der Waals surface area contributed by atoms with Gasteiger partial charge in [0.1, 0.15) is 17.2 Å². The Morgan fingerprint density at radius 2 is 1.69 bits per heavy atom. The summed E-state index contributed by atoms with van der Waals surface area (Å²) in [6, 6.07) is 18.3. The second kappa shape index (κ2) is 10.4. The number of rotatable bonds is 8. The maximum Gasteiger partial charge on any atom is 0.265 e. The van der Waals surface area contributed by atoms with Crippen molar-refractivity contribution in [1.82, 2.24) is 0 Å². The van der Waals surface area contributed by atoms with Gasteiger partial charge >= 0.3 is 0 Å². The third-order valence-corrected chi connectivity index (χ3v) is 5.17. The summed E-state index contributed by atoms with van der Waals surface area (Å²) in [4.78, 5) is 12.9. The van der Waals surface area contributed by atoms with Crippen LogP contribution in [0.1, 0.15) is 37.8 Å². The molecule has 0 spiro atoms. The Morgan fingerprint density at radius 1 is 0.938 bits per heavy atom. The van der Waals surface area contributed by atoms with Crippen molar-refractivity contribution in [2.24, 2.45) is 0 Å². The lowest BCUT2D eigenvalue weighted by atomic mass is 10.0. The smallest absolute Gasteiger partial charge is 0.265 e. The van der Waals surface area contributed by atoms with E-state index in [0.29, 0.717) is 33.7 Å². The topological polar surface area (TPSA) is 56.8 Å². The highest BCUT2D eigenvalue weighted by Gasteiger charge is 2.20. The van der Waals surface area contributed by atoms with Gasteiger partial charge in [0.2, 0.25) is 0 Å². The van der Waals surface area contributed by atoms with Crippen molar-refractivity contribution in [3.63, 3.8) is 0 Å². The summed E-state index contributed by atoms with van der Waals surface area (Å²) in [5.41, 5.74) is 2.58. The third-order valence-electron chi connectivity index (χ3n) is 4.93. The van der Waals surface area contributed by atoms with Crippen molar-refractivity contribution >= 4 is 23.2 Å². The molecule has 0 aliphatic heterocycles. The molecule has 0 bridgehead atoms. The average molecular weight is 454 g/mol. The molecule has 0 aromatic heterocycles. The first kappa shape index (κ1) is 23.5. The number of carbonyl (C=O) groups excluding carboxylic acids is 1. The van der Waals surface area contributed by atoms with E-state index in [2.05, 4.69) is 19.2 Å². The quantitative estimate of drug-likeness (QED) is 0.399. The van der Waals surface area contributed by atoms with Crippen molar-refractivity contribution in [1.29, 1.82) is 0 Å². The standard InChI is InChI=1S/C26H28ClNO4/c1-16(2)22-11-9-17(3)13-25(22)31-18(4)26(29)28-23-14-19(27)10-12-24(23)32-21-8-6-7-20(15-21)30-5/h6-16,18H,1-5H3,(H,28,29). The zero-order valence-corrected chi connectivity index (χ0v) is 19.7. The van der Waals surface area contributed by atoms with Gasteiger partial charge in [-0.1, -0.05) is 43.6 Å². The van der Waals surface area contributed by atoms with Gasteiger partial charge in [-0.15, -0.1) is 0 Å². The zero-order valence-electron chi connectivity index (χ0n) is 18.9. The molecule has 0 aliphatic carbocycles. The molecular weight excluding hydrogens is 426 g/mol. The fraction of sp³-hybridized carbons (Fsp3) is 0.269. The lowest BCUT2D eigenvalue weighted by Gasteiger charge is -2.20. The van der Waals surface area contributed by atoms with E-state index in [1.165, 1.54) is 0 Å². The number of nitrogens with one attached hydrogen (secondary N) is 1. The first-order chi connectivity index (χ1) is 15.3. The van der Waals surface area contributed by atoms with E-state index < -0.39 is 6.10 Å². The Labute approximate surface area is 194 Å². The maximum atomic E-state index is 12.9. The first-order valence-corrected chi connectivity index (χ1v) is 10.8. The van der Waals surface area contributed by atoms with Crippen molar-refractivity contribution in [2.45, 2.75) is 39.7 Å². The summed E-state index contributed by atoms with van der Waals surface area (Å²) in [6.45, 7) is 7.90. The molecule has 3 rings (SSSR count). The number of halogens is 1. The second-order valence-electron chi connectivity index (χ2n) is 7.87. The van der Waals surface area contributed by atoms with Gasteiger partial charge in [-0.3, -0.25) is 4.79 Å². The highest BCUT2D eigenvalue weighted by molar-refractivity contribution is 6.31. The van der Waals surface area contributed by atoms with Gasteiger partial charge in [0.15, 0.2) is 11.9 Å². The molecule has 0 saturated carbocycles. The van der Waals surface area contributed by atoms with E-state index in [4.69, 9.17) is 25.8 Å². The van der Waals surface area contributed by atoms with E-state index in [1.54, 1.807) is 44.4 Å². The molecule has 168 valence electrons. The number of amides is 1. The predicted molar refractivity (Wildman–Crippen MR) is 129 cm³/mol. The molecule has 5 nitrogen and oxygen atoms in total. The maximum absolute atomic E-state index is 12.9. The van der Waals surface area contributed by atoms with Crippen molar-refractivity contribution in [2.75, 3.05) is 12.4 Å². The molecule has 0 radical (unpaired) electrons. The minimum absolute atomic E-state index is 0.275. The van der Waals surface area contributed by atoms with Crippen LogP contribution in [0.2, 0.25) is 5.02 Å². The number of aryl methyl sites for hydroxylation is 1. The van der Waals surface area contributed by atoms with Crippen LogP contribution >= 0.6 is 11.6 Å². The number of hydrogen-bond donors (Lipinski definition) is 1. The van der Waals surface area contributed by atoms with Gasteiger partial charge in [-0.05, 0) is 67.3 Å². The van der Waals surface area contributed by atoms with E-state index in [0.717, 1.165) is 11.1 Å². The minimum Gasteiger partial charge on any atom is -0.497 e. The van der Waals surface area contributed by atoms with Crippen LogP contribution in [0.3, 0.4) is 0 Å². The highest BCUT2D eigenvalue weighted by Crippen LogP contribution is 2.34. The molecule has 0 saturated heterocycles. The molecule has 1 unspecified atom stereocenters. The fourth-order valence-electron chi connectivity index (χ4n) is 3.18. The number of ether oxygens (including phenoxy) is 3. The van der Waals surface area contributed by atoms with Gasteiger partial charge < -0.3 is 19.5 Å². The SMILES string of the molecule is COc1cccc(Oc2ccc(Cl)cc2NC(=O)C(C)Oc2cc(C)ccc2C(C)C)c1. The number of benzene rings is 3. The van der Waals surface area contributed by atoms with E-state index in [9.17, 15) is 4.79 Å². The molecule has 1 N–H and O–H groups in total. The molecule has 32 heavy (non-hydrogen) atoms. The van der Waals surface area contributed by atoms with Gasteiger partial charge in [0, 0.05) is 11.1 Å². The lowest BCUT2D eigenvalue weighted by molar-refractivity contribution is -0.122. The normalized spacial score (nSPS) is 11.7. The van der Waals surface area contributed by atoms with Crippen LogP contribution < -0.4 is 19.5 Å². The minimum atomic E-state index is -0.724. The highest BCUT2D eigenvalue weighted by atomic mass is 35.5. The molecule has 3 aromatic rings. The van der Waals surface area contributed by atoms with Gasteiger partial charge in [0.25, 0.3) is 5.91 Å². The number of anilines is 1. The summed E-state index contributed by atoms with van der Waals surface area (Å²) in [5.74, 6) is 2.38. The number of methoxy groups -OCH3 is 1. The fourth-order valence-corrected chi connectivity index (χ4v) is 3.35. The summed E-state index contributed by atoms with van der Waals surface area (Å²) < 4.78 is 17.3. The molecule has 0 heterocycles. The lowest BCUT2D eigenvalue weighted by Crippen LogP contribution is -2.30. The molecule has 0 fully saturated rings. The van der Waals surface area contributed by atoms with Crippen LogP contribution in [0.15, 0.2) is 60.7 Å². The van der Waals surface area contributed by atoms with Crippen molar-refractivity contribution in [3.05, 3.63) is 76.8 Å². The van der Waals surface area contributed by atoms with Crippen molar-refractivity contribution < 1.29 is 19.0 Å². The van der Waals surface area contributed by atoms with Crippen LogP contribution in [0.25, 0.3) is 0 Å². The molecule has 6 heteroatoms. The van der Waals surface area contributed by atoms with Crippen LogP contribution in [-0.2, 0) is 4.79 Å². The monoisotopic (exact) mass is 453 g/mol. The van der Waals surface area contributed by atoms with Crippen LogP contribution in [-0.4, -0.2) is 19.1 Å². The van der Waals surface area contributed by atoms with Crippen LogP contribution in [0, 0.1) is 6.92 Å². The Morgan fingerprint density at radius 3 is 2.41 bits per heavy atom. The molecule has 1 amide bonds. The van der Waals surface area contributed by atoms with E-state index >= 15 is 0 Å². The van der Waals surface area contributed by atoms with Gasteiger partial charge in [-0.2, -0.15) is 0 Å². The zero-order chi connectivity index (χ0) is 23.3. The summed E-state index contributed by atoms with van der Waals surface area (Å²) >= 11 is 6.18. The summed E-state index contributed by atoms with van der Waals surface area (Å²) in [5, 5.41) is 3.36. The molecule has 3 aromatic carbocycles. The summed E-state index contributed by atoms with van der Waals surface area (Å²) in [6.07, 6.45) is -0.724. The Balaban J connectivity index is 1.78. The number of carbonyl (C=O) groups is 1. The largest absolute Gasteiger partial charge is 0.497 e. The van der Waals surface area contributed by atoms with Gasteiger partial charge in [0.05, 0.1) is 12.8 Å². The predicted octanol–water partition coefficient (Wildman–Crippen LogP) is 6.98. The Hall–Kier alpha value is -3.18. The Kier molecular flexibility index (Phi) is 7.65. The van der Waals surface area contributed by atoms with Gasteiger partial charge in [-0.25, -0.2) is 0 Å². The van der Waals surface area contributed by atoms with Crippen LogP contribution in [0.4, 0.5) is 5.69 Å². The molecular formula is C26H28ClNO4. The first-order valence-electron chi connectivity index (χ1n) is 10.5. The second-order valence-corrected chi connectivity index (χ2v) is 8.30. The molecule has 1 atom stereocenters. The average Bonchev–Trinajstić information content (AvgIpc) is 2.75. The Bertz CT molecular complexity index is 1100. The van der Waals surface area contributed by atoms with Crippen molar-refractivity contribution in [3.8, 4) is 23.0 Å². The third kappa shape index (κ3) is 5.95. The molecule has 0 aliphatic rings. The van der Waals surface area contributed by atoms with E-state index in [-0.39, 0.29) is 11.8 Å². The summed E-state index contributed by atoms with van der Waals surface area (Å²) in [7, 11) is 1.59. The number of hydrogen-bond acceptors (Lipinski definition) is 4. The van der Waals surface area contributed by atoms with E-state index in [1.807, 2.05) is 37.3 Å². The van der Waals surface area contributed by atoms with Crippen LogP contribution in [0.5, 0.6) is 23.0 Å².